The monoisotopic (exact) mass is 872 g/mol. The fourth-order valence-electron chi connectivity index (χ4n) is 9.46. The first kappa shape index (κ1) is 42.8. The molecular weight excluding hydrogens is 820 g/mol. The number of thiazole rings is 1. The zero-order valence-electron chi connectivity index (χ0n) is 34.3. The van der Waals surface area contributed by atoms with Crippen LogP contribution < -0.4 is 21.1 Å². The summed E-state index contributed by atoms with van der Waals surface area (Å²) in [6.45, 7) is 7.55. The van der Waals surface area contributed by atoms with E-state index < -0.39 is 21.1 Å². The van der Waals surface area contributed by atoms with E-state index in [1.54, 1.807) is 31.3 Å². The molecular formula is C43H53FN10O5S2. The normalized spacial score (nSPS) is 20.8. The van der Waals surface area contributed by atoms with Crippen molar-refractivity contribution in [3.8, 4) is 21.8 Å². The van der Waals surface area contributed by atoms with Crippen LogP contribution >= 0.6 is 11.3 Å². The van der Waals surface area contributed by atoms with Gasteiger partial charge < -0.3 is 20.4 Å². The number of hydrogen-bond donors (Lipinski definition) is 3. The lowest BCUT2D eigenvalue weighted by Gasteiger charge is -2.39. The van der Waals surface area contributed by atoms with Crippen LogP contribution in [0.5, 0.6) is 0 Å². The molecule has 4 aliphatic heterocycles. The summed E-state index contributed by atoms with van der Waals surface area (Å²) >= 11 is 1.41. The van der Waals surface area contributed by atoms with Crippen LogP contribution in [0.25, 0.3) is 21.8 Å². The second kappa shape index (κ2) is 18.2. The number of carbonyl (C=O) groups excluding carboxylic acids is 3. The lowest BCUT2D eigenvalue weighted by atomic mass is 9.90. The number of nitrogens with zero attached hydrogens (tertiary/aromatic N) is 7. The Morgan fingerprint density at radius 3 is 2.36 bits per heavy atom. The molecule has 5 N–H and O–H groups in total. The van der Waals surface area contributed by atoms with Crippen LogP contribution in [-0.2, 0) is 24.4 Å². The number of hydrogen-bond acceptors (Lipinski definition) is 13. The summed E-state index contributed by atoms with van der Waals surface area (Å²) in [7, 11) is -4.06. The van der Waals surface area contributed by atoms with E-state index in [2.05, 4.69) is 30.1 Å². The number of primary sulfonamides is 1. The molecule has 4 fully saturated rings. The number of benzene rings is 1. The van der Waals surface area contributed by atoms with Crippen molar-refractivity contribution in [3.63, 3.8) is 0 Å². The first-order valence-electron chi connectivity index (χ1n) is 21.3. The maximum absolute atomic E-state index is 16.3. The second-order valence-corrected chi connectivity index (χ2v) is 19.6. The second-order valence-electron chi connectivity index (χ2n) is 16.8. The summed E-state index contributed by atoms with van der Waals surface area (Å²) < 4.78 is 41.0. The number of likely N-dealkylation sites (tertiary alicyclic amines) is 2. The van der Waals surface area contributed by atoms with E-state index in [1.165, 1.54) is 23.6 Å². The van der Waals surface area contributed by atoms with Crippen molar-refractivity contribution in [1.82, 2.24) is 35.1 Å². The molecule has 1 aromatic carbocycles. The van der Waals surface area contributed by atoms with Crippen molar-refractivity contribution in [2.45, 2.75) is 81.8 Å². The Morgan fingerprint density at radius 1 is 0.951 bits per heavy atom. The Hall–Kier alpha value is -4.91. The van der Waals surface area contributed by atoms with Gasteiger partial charge in [-0.25, -0.2) is 37.9 Å². The first-order chi connectivity index (χ1) is 29.4. The fraction of sp³-hybridized carbons (Fsp3) is 0.512. The van der Waals surface area contributed by atoms with Gasteiger partial charge in [0.1, 0.15) is 16.9 Å². The van der Waals surface area contributed by atoms with E-state index in [4.69, 9.17) is 15.9 Å². The van der Waals surface area contributed by atoms with Crippen LogP contribution in [0.3, 0.4) is 0 Å². The summed E-state index contributed by atoms with van der Waals surface area (Å²) in [6, 6.07) is 10.3. The van der Waals surface area contributed by atoms with Crippen LogP contribution in [-0.4, -0.2) is 102 Å². The Kier molecular flexibility index (Phi) is 12.8. The molecule has 3 aromatic heterocycles. The molecule has 0 saturated carbocycles. The van der Waals surface area contributed by atoms with Crippen LogP contribution in [0.2, 0.25) is 0 Å². The number of carbonyl (C=O) groups is 3. The van der Waals surface area contributed by atoms with E-state index in [9.17, 15) is 22.8 Å². The summed E-state index contributed by atoms with van der Waals surface area (Å²) in [5.74, 6) is 0.348. The molecule has 4 aliphatic rings. The quantitative estimate of drug-likeness (QED) is 0.171. The Morgan fingerprint density at radius 2 is 1.70 bits per heavy atom. The molecule has 0 bridgehead atoms. The van der Waals surface area contributed by atoms with Crippen LogP contribution in [0.4, 0.5) is 16.2 Å². The minimum atomic E-state index is -4.06. The van der Waals surface area contributed by atoms with Crippen molar-refractivity contribution >= 4 is 50.8 Å². The summed E-state index contributed by atoms with van der Waals surface area (Å²) in [6.07, 6.45) is 9.54. The standard InChI is InChI=1S/C43H53FN10O5S2/c1-2-34(61(46,58)59)31-4-3-5-32(37(31)44)38-39(33-10-17-47-43(45)49-33)60-41(51-38)27-15-22-54(23-16-27)42(57)28-13-18-52(19-14-28)25-26-11-20-53(21-12-26)35-8-6-29(24-48-35)30-7-9-36(55)50-40(30)56/h3-6,8,10,17,24,26-28,30,34H,2,7,9,11-16,18-23,25H2,1H3,(H2,45,47,49)(H2,46,58,59)(H,50,55,56). The SMILES string of the molecule is CCC(c1cccc(-c2nc(C3CCN(C(=O)C4CCN(CC5CCN(c6ccc(C7CCC(=O)NC7=O)cn6)CC5)CC4)CC3)sc2-c2ccnc(N)n2)c1F)S(N)(=O)=O. The fourth-order valence-corrected chi connectivity index (χ4v) is 11.7. The van der Waals surface area contributed by atoms with Crippen LogP contribution in [0, 0.1) is 17.7 Å². The highest BCUT2D eigenvalue weighted by atomic mass is 32.2. The topological polar surface area (TPSA) is 211 Å². The molecule has 4 aromatic rings. The van der Waals surface area contributed by atoms with Gasteiger partial charge in [-0.3, -0.25) is 19.7 Å². The van der Waals surface area contributed by atoms with Gasteiger partial charge in [-0.15, -0.1) is 11.3 Å². The summed E-state index contributed by atoms with van der Waals surface area (Å²) in [5, 5.41) is 7.52. The molecule has 15 nitrogen and oxygen atoms in total. The largest absolute Gasteiger partial charge is 0.368 e. The molecule has 0 radical (unpaired) electrons. The zero-order chi connectivity index (χ0) is 42.8. The third-order valence-electron chi connectivity index (χ3n) is 12.9. The highest BCUT2D eigenvalue weighted by molar-refractivity contribution is 7.89. The van der Waals surface area contributed by atoms with Gasteiger partial charge in [-0.1, -0.05) is 25.1 Å². The number of rotatable bonds is 11. The molecule has 8 rings (SSSR count). The minimum Gasteiger partial charge on any atom is -0.368 e. The molecule has 18 heteroatoms. The van der Waals surface area contributed by atoms with Gasteiger partial charge in [-0.05, 0) is 94.1 Å². The highest BCUT2D eigenvalue weighted by Crippen LogP contribution is 2.43. The van der Waals surface area contributed by atoms with E-state index in [1.807, 2.05) is 17.0 Å². The third kappa shape index (κ3) is 9.46. The molecule has 4 saturated heterocycles. The Labute approximate surface area is 359 Å². The Bertz CT molecular complexity index is 2360. The number of sulfonamides is 1. The molecule has 7 heterocycles. The van der Waals surface area contributed by atoms with E-state index in [-0.39, 0.29) is 59.0 Å². The van der Waals surface area contributed by atoms with Crippen molar-refractivity contribution in [1.29, 1.82) is 0 Å². The lowest BCUT2D eigenvalue weighted by molar-refractivity contribution is -0.138. The van der Waals surface area contributed by atoms with Crippen molar-refractivity contribution in [2.75, 3.05) is 56.4 Å². The maximum Gasteiger partial charge on any atom is 0.234 e. The molecule has 0 aliphatic carbocycles. The molecule has 3 amide bonds. The van der Waals surface area contributed by atoms with E-state index in [0.29, 0.717) is 61.0 Å². The molecule has 0 spiro atoms. The number of piperidine rings is 4. The number of anilines is 2. The lowest BCUT2D eigenvalue weighted by Crippen LogP contribution is -2.46. The smallest absolute Gasteiger partial charge is 0.234 e. The number of pyridine rings is 1. The number of nitrogen functional groups attached to an aromatic ring is 1. The predicted octanol–water partition coefficient (Wildman–Crippen LogP) is 4.98. The zero-order valence-corrected chi connectivity index (χ0v) is 36.0. The minimum absolute atomic E-state index is 0.00415. The number of nitrogens with one attached hydrogen (secondary N) is 1. The number of aromatic nitrogens is 4. The predicted molar refractivity (Wildman–Crippen MR) is 231 cm³/mol. The average Bonchev–Trinajstić information content (AvgIpc) is 3.70. The average molecular weight is 873 g/mol. The molecule has 324 valence electrons. The van der Waals surface area contributed by atoms with Crippen molar-refractivity contribution in [3.05, 3.63) is 70.7 Å². The van der Waals surface area contributed by atoms with Gasteiger partial charge in [0.25, 0.3) is 0 Å². The van der Waals surface area contributed by atoms with Gasteiger partial charge in [0.15, 0.2) is 0 Å². The van der Waals surface area contributed by atoms with Gasteiger partial charge in [0.2, 0.25) is 33.7 Å². The van der Waals surface area contributed by atoms with Crippen LogP contribution in [0.1, 0.15) is 97.9 Å². The number of imide groups is 1. The van der Waals surface area contributed by atoms with Crippen molar-refractivity contribution in [2.24, 2.45) is 17.0 Å². The van der Waals surface area contributed by atoms with Gasteiger partial charge in [0.05, 0.1) is 27.2 Å². The van der Waals surface area contributed by atoms with Gasteiger partial charge >= 0.3 is 0 Å². The third-order valence-corrected chi connectivity index (χ3v) is 15.5. The Balaban J connectivity index is 0.838. The highest BCUT2D eigenvalue weighted by Gasteiger charge is 2.35. The van der Waals surface area contributed by atoms with Gasteiger partial charge in [-0.2, -0.15) is 0 Å². The number of nitrogens with two attached hydrogens (primary N) is 2. The summed E-state index contributed by atoms with van der Waals surface area (Å²) in [5.41, 5.74) is 7.79. The number of halogens is 1. The number of amides is 3. The van der Waals surface area contributed by atoms with Crippen molar-refractivity contribution < 1.29 is 27.2 Å². The van der Waals surface area contributed by atoms with Crippen LogP contribution in [0.15, 0.2) is 48.8 Å². The summed E-state index contributed by atoms with van der Waals surface area (Å²) in [4.78, 5) is 63.1. The molecule has 61 heavy (non-hydrogen) atoms. The van der Waals surface area contributed by atoms with Gasteiger partial charge in [0, 0.05) is 74.5 Å². The molecule has 2 atom stereocenters. The maximum atomic E-state index is 16.3. The molecule has 2 unspecified atom stereocenters. The first-order valence-corrected chi connectivity index (χ1v) is 23.7. The van der Waals surface area contributed by atoms with E-state index >= 15 is 4.39 Å². The van der Waals surface area contributed by atoms with E-state index in [0.717, 1.165) is 74.8 Å².